The Morgan fingerprint density at radius 2 is 1.92 bits per heavy atom. The summed E-state index contributed by atoms with van der Waals surface area (Å²) < 4.78 is 5.13. The summed E-state index contributed by atoms with van der Waals surface area (Å²) in [5.41, 5.74) is -0.192. The summed E-state index contributed by atoms with van der Waals surface area (Å²) in [5.74, 6) is 0.769. The molecule has 0 aromatic rings. The van der Waals surface area contributed by atoms with Gasteiger partial charge in [-0.3, -0.25) is 0 Å². The lowest BCUT2D eigenvalue weighted by atomic mass is 10.2. The van der Waals surface area contributed by atoms with Crippen LogP contribution < -0.4 is 11.5 Å². The number of amides is 1. The fraction of sp³-hybridized carbons (Fsp3) is 0.889. The number of fused-ring (bicyclic) bond motifs is 1. The van der Waals surface area contributed by atoms with Gasteiger partial charge in [0.2, 0.25) is 0 Å². The van der Waals surface area contributed by atoms with Crippen LogP contribution in [0.4, 0.5) is 4.79 Å². The summed E-state index contributed by atoms with van der Waals surface area (Å²) in [4.78, 5) is 11.2. The predicted molar refractivity (Wildman–Crippen MR) is 49.8 cm³/mol. The average molecular weight is 186 g/mol. The molecule has 0 aromatic heterocycles. The fourth-order valence-electron chi connectivity index (χ4n) is 1.41. The van der Waals surface area contributed by atoms with Crippen molar-refractivity contribution in [1.82, 2.24) is 11.5 Å². The largest absolute Gasteiger partial charge is 0.444 e. The Morgan fingerprint density at radius 1 is 1.46 bits per heavy atom. The number of carbonyl (C=O) groups excluding carboxylic acids is 1. The van der Waals surface area contributed by atoms with Crippen molar-refractivity contribution >= 4 is 6.09 Å². The third-order valence-electron chi connectivity index (χ3n) is 2.43. The van der Waals surface area contributed by atoms with Gasteiger partial charge < -0.3 is 16.2 Å². The van der Waals surface area contributed by atoms with Crippen molar-refractivity contribution in [3.8, 4) is 0 Å². The molecule has 4 nitrogen and oxygen atoms in total. The van der Waals surface area contributed by atoms with Crippen molar-refractivity contribution in [3.63, 3.8) is 0 Å². The van der Waals surface area contributed by atoms with E-state index in [0.717, 1.165) is 18.8 Å². The van der Waals surface area contributed by atoms with Gasteiger partial charge in [-0.1, -0.05) is 0 Å². The normalized spacial score (nSPS) is 33.9. The van der Waals surface area contributed by atoms with Crippen LogP contribution in [0, 0.1) is 5.92 Å². The van der Waals surface area contributed by atoms with Crippen molar-refractivity contribution in [2.24, 2.45) is 5.92 Å². The van der Waals surface area contributed by atoms with Crippen LogP contribution in [0.3, 0.4) is 0 Å². The molecule has 4 heteroatoms. The van der Waals surface area contributed by atoms with Gasteiger partial charge in [-0.05, 0) is 39.5 Å². The van der Waals surface area contributed by atoms with E-state index in [4.69, 9.17) is 4.74 Å². The Bertz CT molecular complexity index is 220. The van der Waals surface area contributed by atoms with Gasteiger partial charge in [0, 0.05) is 5.54 Å². The lowest BCUT2D eigenvalue weighted by molar-refractivity contribution is 0.0511. The van der Waals surface area contributed by atoms with Crippen LogP contribution in [0.1, 0.15) is 33.6 Å². The Morgan fingerprint density at radius 3 is 2.23 bits per heavy atom. The minimum Gasteiger partial charge on any atom is -0.444 e. The average Bonchev–Trinajstić information content (AvgIpc) is 2.45. The molecule has 13 heavy (non-hydrogen) atoms. The Labute approximate surface area is 78.6 Å². The predicted octanol–water partition coefficient (Wildman–Crippen LogP) is 1.84. The second-order valence-corrected chi connectivity index (χ2v) is 4.89. The quantitative estimate of drug-likeness (QED) is 0.656. The van der Waals surface area contributed by atoms with Crippen LogP contribution in [-0.4, -0.2) is 17.2 Å². The molecule has 0 radical (unpaired) electrons. The second-order valence-electron chi connectivity index (χ2n) is 4.89. The molecule has 0 aliphatic heterocycles. The molecule has 76 valence electrons. The summed E-state index contributed by atoms with van der Waals surface area (Å²) in [7, 11) is 0. The van der Waals surface area contributed by atoms with Crippen LogP contribution >= 0.6 is 0 Å². The lowest BCUT2D eigenvalue weighted by Crippen LogP contribution is -2.36. The van der Waals surface area contributed by atoms with Crippen LogP contribution in [0.15, 0.2) is 0 Å². The monoisotopic (exact) mass is 186 g/mol. The van der Waals surface area contributed by atoms with Gasteiger partial charge in [-0.15, -0.1) is 0 Å². The summed E-state index contributed by atoms with van der Waals surface area (Å²) in [6, 6.07) is 0. The molecule has 2 fully saturated rings. The van der Waals surface area contributed by atoms with Crippen molar-refractivity contribution in [3.05, 3.63) is 0 Å². The highest BCUT2D eigenvalue weighted by Gasteiger charge is 2.71. The minimum atomic E-state index is -0.375. The van der Waals surface area contributed by atoms with Crippen LogP contribution in [0.5, 0.6) is 0 Å². The molecule has 1 amide bonds. The SMILES string of the molecule is CC(C)(C)OC(=O)NC12CC1C2.N. The highest BCUT2D eigenvalue weighted by atomic mass is 16.6. The molecule has 4 N–H and O–H groups in total. The fourth-order valence-corrected chi connectivity index (χ4v) is 1.41. The van der Waals surface area contributed by atoms with Gasteiger partial charge >= 0.3 is 6.09 Å². The van der Waals surface area contributed by atoms with E-state index in [1.807, 2.05) is 20.8 Å². The Kier molecular flexibility index (Phi) is 2.07. The van der Waals surface area contributed by atoms with E-state index in [9.17, 15) is 4.79 Å². The highest BCUT2D eigenvalue weighted by molar-refractivity contribution is 5.71. The minimum absolute atomic E-state index is 0. The topological polar surface area (TPSA) is 73.3 Å². The van der Waals surface area contributed by atoms with E-state index >= 15 is 0 Å². The summed E-state index contributed by atoms with van der Waals surface area (Å²) in [6.45, 7) is 5.63. The van der Waals surface area contributed by atoms with Crippen LogP contribution in [-0.2, 0) is 4.74 Å². The van der Waals surface area contributed by atoms with Gasteiger partial charge in [0.15, 0.2) is 0 Å². The summed E-state index contributed by atoms with van der Waals surface area (Å²) in [6.07, 6.45) is 2.06. The molecule has 0 saturated heterocycles. The third kappa shape index (κ3) is 2.12. The number of hydrogen-bond acceptors (Lipinski definition) is 3. The van der Waals surface area contributed by atoms with Gasteiger partial charge in [0.1, 0.15) is 5.60 Å². The van der Waals surface area contributed by atoms with E-state index in [1.54, 1.807) is 0 Å². The van der Waals surface area contributed by atoms with Crippen molar-refractivity contribution in [2.45, 2.75) is 44.8 Å². The first-order chi connectivity index (χ1) is 5.41. The third-order valence-corrected chi connectivity index (χ3v) is 2.43. The number of carbonyl (C=O) groups is 1. The number of hydrogen-bond donors (Lipinski definition) is 2. The van der Waals surface area contributed by atoms with E-state index in [-0.39, 0.29) is 23.4 Å². The Balaban J connectivity index is 0.000000845. The van der Waals surface area contributed by atoms with Gasteiger partial charge in [0.25, 0.3) is 0 Å². The lowest BCUT2D eigenvalue weighted by Gasteiger charge is -2.20. The summed E-state index contributed by atoms with van der Waals surface area (Å²) in [5, 5.41) is 2.90. The van der Waals surface area contributed by atoms with Crippen molar-refractivity contribution < 1.29 is 9.53 Å². The smallest absolute Gasteiger partial charge is 0.408 e. The molecule has 2 saturated carbocycles. The van der Waals surface area contributed by atoms with E-state index in [1.165, 1.54) is 0 Å². The summed E-state index contributed by atoms with van der Waals surface area (Å²) >= 11 is 0. The molecular formula is C9H18N2O2. The number of nitrogens with one attached hydrogen (secondary N) is 1. The molecule has 0 unspecified atom stereocenters. The number of alkyl carbamates (subject to hydrolysis) is 1. The van der Waals surface area contributed by atoms with Gasteiger partial charge in [-0.2, -0.15) is 0 Å². The van der Waals surface area contributed by atoms with E-state index in [0.29, 0.717) is 0 Å². The maximum Gasteiger partial charge on any atom is 0.408 e. The van der Waals surface area contributed by atoms with Crippen LogP contribution in [0.2, 0.25) is 0 Å². The van der Waals surface area contributed by atoms with Crippen molar-refractivity contribution in [1.29, 1.82) is 0 Å². The molecular weight excluding hydrogens is 168 g/mol. The molecule has 2 aliphatic carbocycles. The first kappa shape index (κ1) is 10.3. The Hall–Kier alpha value is -0.770. The molecule has 2 rings (SSSR count). The zero-order chi connectivity index (χ0) is 8.98. The van der Waals surface area contributed by atoms with Crippen molar-refractivity contribution in [2.75, 3.05) is 0 Å². The number of rotatable bonds is 1. The molecule has 0 aromatic carbocycles. The zero-order valence-electron chi connectivity index (χ0n) is 8.52. The standard InChI is InChI=1S/C9H15NO2.H3N/c1-8(2,3)12-7(11)10-9-4-6(9)5-9;/h6H,4-5H2,1-3H3,(H,10,11);1H3. The maximum absolute atomic E-state index is 11.2. The van der Waals surface area contributed by atoms with E-state index < -0.39 is 0 Å². The highest BCUT2D eigenvalue weighted by Crippen LogP contribution is 2.66. The number of ether oxygens (including phenoxy) is 1. The zero-order valence-corrected chi connectivity index (χ0v) is 8.52. The van der Waals surface area contributed by atoms with E-state index in [2.05, 4.69) is 5.32 Å². The first-order valence-electron chi connectivity index (χ1n) is 4.42. The second kappa shape index (κ2) is 2.61. The van der Waals surface area contributed by atoms with Gasteiger partial charge in [0.05, 0.1) is 0 Å². The molecule has 0 heterocycles. The molecule has 0 atom stereocenters. The molecule has 0 spiro atoms. The molecule has 0 bridgehead atoms. The van der Waals surface area contributed by atoms with Crippen LogP contribution in [0.25, 0.3) is 0 Å². The molecule has 2 aliphatic rings. The first-order valence-corrected chi connectivity index (χ1v) is 4.42. The maximum atomic E-state index is 11.2. The van der Waals surface area contributed by atoms with Gasteiger partial charge in [-0.25, -0.2) is 4.79 Å².